The van der Waals surface area contributed by atoms with Gasteiger partial charge in [-0.3, -0.25) is 15.6 Å². The zero-order valence-electron chi connectivity index (χ0n) is 12.8. The van der Waals surface area contributed by atoms with Gasteiger partial charge in [0.15, 0.2) is 5.11 Å². The molecule has 0 saturated carbocycles. The van der Waals surface area contributed by atoms with Gasteiger partial charge < -0.3 is 14.8 Å². The van der Waals surface area contributed by atoms with Gasteiger partial charge in [0, 0.05) is 11.3 Å². The third kappa shape index (κ3) is 4.86. The van der Waals surface area contributed by atoms with Gasteiger partial charge in [0.1, 0.15) is 11.5 Å². The van der Waals surface area contributed by atoms with Crippen molar-refractivity contribution < 1.29 is 14.3 Å². The van der Waals surface area contributed by atoms with Crippen LogP contribution in [0.4, 0.5) is 5.69 Å². The van der Waals surface area contributed by atoms with Crippen LogP contribution in [0, 0.1) is 0 Å². The van der Waals surface area contributed by atoms with E-state index in [0.717, 1.165) is 11.4 Å². The minimum Gasteiger partial charge on any atom is -0.497 e. The molecule has 23 heavy (non-hydrogen) atoms. The van der Waals surface area contributed by atoms with Gasteiger partial charge in [0.2, 0.25) is 0 Å². The quantitative estimate of drug-likeness (QED) is 0.590. The third-order valence-electron chi connectivity index (χ3n) is 2.97. The van der Waals surface area contributed by atoms with Crippen molar-refractivity contribution in [3.05, 3.63) is 54.1 Å². The largest absolute Gasteiger partial charge is 0.497 e. The van der Waals surface area contributed by atoms with Crippen LogP contribution in [0.2, 0.25) is 0 Å². The number of benzene rings is 2. The lowest BCUT2D eigenvalue weighted by Gasteiger charge is -2.12. The summed E-state index contributed by atoms with van der Waals surface area (Å²) in [7, 11) is 3.14. The molecule has 0 aliphatic heterocycles. The molecule has 3 N–H and O–H groups in total. The molecule has 0 spiro atoms. The standard InChI is InChI=1S/C16H17N3O3S/c1-21-13-8-6-12(7-9-13)17-16(23)19-18-15(20)11-4-3-5-14(10-11)22-2/h3-10H,1-2H3,(H,18,20)(H2,17,19,23). The summed E-state index contributed by atoms with van der Waals surface area (Å²) in [6.45, 7) is 0. The van der Waals surface area contributed by atoms with Crippen molar-refractivity contribution in [3.63, 3.8) is 0 Å². The Morgan fingerprint density at radius 3 is 2.30 bits per heavy atom. The molecule has 0 aliphatic rings. The highest BCUT2D eigenvalue weighted by molar-refractivity contribution is 7.80. The number of thiocarbonyl (C=S) groups is 1. The average molecular weight is 331 g/mol. The molecule has 1 amide bonds. The topological polar surface area (TPSA) is 71.6 Å². The molecule has 2 aromatic rings. The van der Waals surface area contributed by atoms with Gasteiger partial charge in [-0.1, -0.05) is 6.07 Å². The van der Waals surface area contributed by atoms with Crippen LogP contribution < -0.4 is 25.6 Å². The first-order chi connectivity index (χ1) is 11.1. The van der Waals surface area contributed by atoms with Gasteiger partial charge >= 0.3 is 0 Å². The maximum atomic E-state index is 12.0. The predicted octanol–water partition coefficient (Wildman–Crippen LogP) is 2.34. The van der Waals surface area contributed by atoms with Crippen molar-refractivity contribution in [2.75, 3.05) is 19.5 Å². The normalized spacial score (nSPS) is 9.65. The van der Waals surface area contributed by atoms with E-state index in [2.05, 4.69) is 16.2 Å². The van der Waals surface area contributed by atoms with E-state index in [1.165, 1.54) is 0 Å². The lowest BCUT2D eigenvalue weighted by Crippen LogP contribution is -2.43. The van der Waals surface area contributed by atoms with Gasteiger partial charge in [0.25, 0.3) is 5.91 Å². The molecule has 0 aliphatic carbocycles. The smallest absolute Gasteiger partial charge is 0.269 e. The second-order valence-corrected chi connectivity index (χ2v) is 4.90. The summed E-state index contributed by atoms with van der Waals surface area (Å²) < 4.78 is 10.2. The van der Waals surface area contributed by atoms with Gasteiger partial charge in [-0.15, -0.1) is 0 Å². The zero-order valence-corrected chi connectivity index (χ0v) is 13.6. The van der Waals surface area contributed by atoms with Crippen LogP contribution in [0.1, 0.15) is 10.4 Å². The number of nitrogens with one attached hydrogen (secondary N) is 3. The number of methoxy groups -OCH3 is 2. The number of rotatable bonds is 4. The fourth-order valence-electron chi connectivity index (χ4n) is 1.79. The summed E-state index contributed by atoms with van der Waals surface area (Å²) in [5.74, 6) is 1.04. The molecule has 2 aromatic carbocycles. The van der Waals surface area contributed by atoms with Crippen molar-refractivity contribution >= 4 is 28.9 Å². The molecule has 0 fully saturated rings. The van der Waals surface area contributed by atoms with E-state index in [0.29, 0.717) is 11.3 Å². The van der Waals surface area contributed by atoms with Crippen molar-refractivity contribution in [1.82, 2.24) is 10.9 Å². The molecule has 0 heterocycles. The van der Waals surface area contributed by atoms with Crippen molar-refractivity contribution in [2.24, 2.45) is 0 Å². The number of carbonyl (C=O) groups is 1. The monoisotopic (exact) mass is 331 g/mol. The minimum absolute atomic E-state index is 0.270. The summed E-state index contributed by atoms with van der Waals surface area (Å²) in [5.41, 5.74) is 6.40. The lowest BCUT2D eigenvalue weighted by atomic mass is 10.2. The predicted molar refractivity (Wildman–Crippen MR) is 92.8 cm³/mol. The first kappa shape index (κ1) is 16.6. The van der Waals surface area contributed by atoms with Crippen molar-refractivity contribution in [1.29, 1.82) is 0 Å². The van der Waals surface area contributed by atoms with Gasteiger partial charge in [0.05, 0.1) is 14.2 Å². The van der Waals surface area contributed by atoms with Crippen LogP contribution in [0.15, 0.2) is 48.5 Å². The molecule has 2 rings (SSSR count). The summed E-state index contributed by atoms with van der Waals surface area (Å²) in [5, 5.41) is 3.22. The second-order valence-electron chi connectivity index (χ2n) is 4.49. The Morgan fingerprint density at radius 2 is 1.65 bits per heavy atom. The maximum Gasteiger partial charge on any atom is 0.269 e. The van der Waals surface area contributed by atoms with E-state index in [1.807, 2.05) is 12.1 Å². The van der Waals surface area contributed by atoms with E-state index in [-0.39, 0.29) is 11.0 Å². The third-order valence-corrected chi connectivity index (χ3v) is 3.17. The van der Waals surface area contributed by atoms with E-state index >= 15 is 0 Å². The molecule has 0 aromatic heterocycles. The Kier molecular flexibility index (Phi) is 5.76. The molecule has 7 heteroatoms. The van der Waals surface area contributed by atoms with Gasteiger partial charge in [-0.05, 0) is 54.7 Å². The number of anilines is 1. The van der Waals surface area contributed by atoms with Crippen LogP contribution in [-0.2, 0) is 0 Å². The zero-order chi connectivity index (χ0) is 16.7. The number of hydrogen-bond donors (Lipinski definition) is 3. The van der Waals surface area contributed by atoms with Gasteiger partial charge in [-0.2, -0.15) is 0 Å². The SMILES string of the molecule is COc1ccc(NC(=S)NNC(=O)c2cccc(OC)c2)cc1. The number of carbonyl (C=O) groups excluding carboxylic acids is 1. The van der Waals surface area contributed by atoms with E-state index in [4.69, 9.17) is 21.7 Å². The second kappa shape index (κ2) is 8.00. The highest BCUT2D eigenvalue weighted by Gasteiger charge is 2.07. The highest BCUT2D eigenvalue weighted by Crippen LogP contribution is 2.15. The van der Waals surface area contributed by atoms with Crippen molar-refractivity contribution in [3.8, 4) is 11.5 Å². The molecule has 120 valence electrons. The molecular weight excluding hydrogens is 314 g/mol. The Morgan fingerprint density at radius 1 is 0.957 bits per heavy atom. The average Bonchev–Trinajstić information content (AvgIpc) is 2.60. The number of hydrogen-bond acceptors (Lipinski definition) is 4. The molecular formula is C16H17N3O3S. The van der Waals surface area contributed by atoms with Crippen LogP contribution in [0.5, 0.6) is 11.5 Å². The minimum atomic E-state index is -0.317. The van der Waals surface area contributed by atoms with E-state index in [1.54, 1.807) is 50.6 Å². The summed E-state index contributed by atoms with van der Waals surface area (Å²) in [6.07, 6.45) is 0. The Hall–Kier alpha value is -2.80. The first-order valence-electron chi connectivity index (χ1n) is 6.78. The van der Waals surface area contributed by atoms with Crippen LogP contribution >= 0.6 is 12.2 Å². The van der Waals surface area contributed by atoms with Crippen LogP contribution in [0.25, 0.3) is 0 Å². The number of hydrazine groups is 1. The number of amides is 1. The summed E-state index contributed by atoms with van der Waals surface area (Å²) in [6, 6.07) is 14.1. The van der Waals surface area contributed by atoms with Crippen LogP contribution in [-0.4, -0.2) is 25.2 Å². The van der Waals surface area contributed by atoms with Crippen molar-refractivity contribution in [2.45, 2.75) is 0 Å². The van der Waals surface area contributed by atoms with E-state index in [9.17, 15) is 4.79 Å². The number of ether oxygens (including phenoxy) is 2. The maximum absolute atomic E-state index is 12.0. The van der Waals surface area contributed by atoms with Gasteiger partial charge in [-0.25, -0.2) is 0 Å². The Labute approximate surface area is 139 Å². The van der Waals surface area contributed by atoms with Crippen LogP contribution in [0.3, 0.4) is 0 Å². The molecule has 0 bridgehead atoms. The first-order valence-corrected chi connectivity index (χ1v) is 7.18. The summed E-state index contributed by atoms with van der Waals surface area (Å²) >= 11 is 5.12. The van der Waals surface area contributed by atoms with E-state index < -0.39 is 0 Å². The molecule has 0 unspecified atom stereocenters. The molecule has 0 radical (unpaired) electrons. The molecule has 0 saturated heterocycles. The Bertz CT molecular complexity index is 689. The fourth-order valence-corrected chi connectivity index (χ4v) is 1.96. The fraction of sp³-hybridized carbons (Fsp3) is 0.125. The molecule has 6 nitrogen and oxygen atoms in total. The highest BCUT2D eigenvalue weighted by atomic mass is 32.1. The molecule has 0 atom stereocenters. The Balaban J connectivity index is 1.86. The summed E-state index contributed by atoms with van der Waals surface area (Å²) in [4.78, 5) is 12.0. The lowest BCUT2D eigenvalue weighted by molar-refractivity contribution is 0.0944.